The Kier molecular flexibility index (Phi) is 6.13. The third-order valence-corrected chi connectivity index (χ3v) is 5.65. The normalized spacial score (nSPS) is 10.8. The Labute approximate surface area is 189 Å². The number of nitrogen functional groups attached to an aromatic ring is 1. The number of aryl methyl sites for hydroxylation is 2. The van der Waals surface area contributed by atoms with Crippen molar-refractivity contribution in [2.24, 2.45) is 0 Å². The number of nitrogens with two attached hydrogens (primary N) is 1. The van der Waals surface area contributed by atoms with Gasteiger partial charge in [-0.3, -0.25) is 9.89 Å². The van der Waals surface area contributed by atoms with Crippen LogP contribution in [-0.4, -0.2) is 43.8 Å². The summed E-state index contributed by atoms with van der Waals surface area (Å²) in [6.07, 6.45) is 0. The Balaban J connectivity index is 1.42. The van der Waals surface area contributed by atoms with Crippen molar-refractivity contribution < 1.29 is 9.53 Å². The van der Waals surface area contributed by atoms with E-state index in [4.69, 9.17) is 10.6 Å². The maximum atomic E-state index is 12.3. The van der Waals surface area contributed by atoms with Crippen molar-refractivity contribution in [2.45, 2.75) is 19.0 Å². The van der Waals surface area contributed by atoms with E-state index in [1.165, 1.54) is 16.4 Å². The summed E-state index contributed by atoms with van der Waals surface area (Å²) in [5.74, 6) is 7.38. The number of amides is 1. The number of ether oxygens (including phenoxy) is 1. The van der Waals surface area contributed by atoms with E-state index in [9.17, 15) is 4.79 Å². The van der Waals surface area contributed by atoms with Crippen LogP contribution in [0.5, 0.6) is 5.75 Å². The lowest BCUT2D eigenvalue weighted by Crippen LogP contribution is -2.16. The van der Waals surface area contributed by atoms with E-state index in [1.54, 1.807) is 7.11 Å². The fourth-order valence-corrected chi connectivity index (χ4v) is 3.94. The highest BCUT2D eigenvalue weighted by molar-refractivity contribution is 7.99. The van der Waals surface area contributed by atoms with E-state index in [2.05, 4.69) is 31.8 Å². The molecule has 2 heterocycles. The standard InChI is InChI=1S/C22H23N7O2S/c1-13-8-14(2)10-16(9-13)24-20(30)12-32-22-28-27-21(29(22)23)19-11-18(25-26-19)15-4-6-17(31-3)7-5-15/h4-11H,12,23H2,1-3H3,(H,24,30)(H,25,26). The number of anilines is 1. The number of rotatable bonds is 7. The molecule has 2 aromatic heterocycles. The van der Waals surface area contributed by atoms with Gasteiger partial charge in [-0.15, -0.1) is 10.2 Å². The van der Waals surface area contributed by atoms with E-state index < -0.39 is 0 Å². The van der Waals surface area contributed by atoms with Gasteiger partial charge in [0.25, 0.3) is 0 Å². The van der Waals surface area contributed by atoms with Gasteiger partial charge in [-0.1, -0.05) is 17.8 Å². The quantitative estimate of drug-likeness (QED) is 0.292. The second-order valence-electron chi connectivity index (χ2n) is 7.28. The molecule has 0 fully saturated rings. The number of aromatic amines is 1. The molecule has 0 spiro atoms. The molecule has 0 bridgehead atoms. The molecule has 1 amide bonds. The Hall–Kier alpha value is -3.79. The molecule has 0 atom stereocenters. The van der Waals surface area contributed by atoms with Gasteiger partial charge in [-0.2, -0.15) is 5.10 Å². The summed E-state index contributed by atoms with van der Waals surface area (Å²) < 4.78 is 6.53. The summed E-state index contributed by atoms with van der Waals surface area (Å²) in [6, 6.07) is 15.3. The first-order chi connectivity index (χ1) is 15.4. The molecular formula is C22H23N7O2S. The van der Waals surface area contributed by atoms with Crippen LogP contribution in [-0.2, 0) is 4.79 Å². The van der Waals surface area contributed by atoms with E-state index in [-0.39, 0.29) is 11.7 Å². The zero-order valence-electron chi connectivity index (χ0n) is 17.9. The lowest BCUT2D eigenvalue weighted by atomic mass is 10.1. The summed E-state index contributed by atoms with van der Waals surface area (Å²) in [4.78, 5) is 12.3. The van der Waals surface area contributed by atoms with Crippen molar-refractivity contribution in [1.29, 1.82) is 0 Å². The van der Waals surface area contributed by atoms with Gasteiger partial charge >= 0.3 is 0 Å². The van der Waals surface area contributed by atoms with Crippen LogP contribution >= 0.6 is 11.8 Å². The van der Waals surface area contributed by atoms with Gasteiger partial charge in [0.2, 0.25) is 16.9 Å². The van der Waals surface area contributed by atoms with Crippen molar-refractivity contribution in [3.05, 3.63) is 59.7 Å². The van der Waals surface area contributed by atoms with Gasteiger partial charge in [0, 0.05) is 11.3 Å². The van der Waals surface area contributed by atoms with Gasteiger partial charge in [-0.25, -0.2) is 4.68 Å². The van der Waals surface area contributed by atoms with Crippen LogP contribution in [0.1, 0.15) is 11.1 Å². The third kappa shape index (κ3) is 4.75. The van der Waals surface area contributed by atoms with Gasteiger partial charge in [0.05, 0.1) is 18.6 Å². The van der Waals surface area contributed by atoms with Crippen LogP contribution in [0.3, 0.4) is 0 Å². The number of nitrogens with one attached hydrogen (secondary N) is 2. The van der Waals surface area contributed by atoms with Crippen LogP contribution in [0, 0.1) is 13.8 Å². The molecule has 4 N–H and O–H groups in total. The molecule has 0 saturated heterocycles. The monoisotopic (exact) mass is 449 g/mol. The van der Waals surface area contributed by atoms with Crippen LogP contribution < -0.4 is 15.9 Å². The molecular weight excluding hydrogens is 426 g/mol. The minimum atomic E-state index is -0.145. The molecule has 0 unspecified atom stereocenters. The van der Waals surface area contributed by atoms with Crippen molar-refractivity contribution in [3.8, 4) is 28.5 Å². The first kappa shape index (κ1) is 21.4. The molecule has 32 heavy (non-hydrogen) atoms. The summed E-state index contributed by atoms with van der Waals surface area (Å²) in [6.45, 7) is 3.98. The molecule has 4 aromatic rings. The smallest absolute Gasteiger partial charge is 0.234 e. The van der Waals surface area contributed by atoms with Crippen molar-refractivity contribution >= 4 is 23.4 Å². The van der Waals surface area contributed by atoms with E-state index in [1.807, 2.05) is 56.3 Å². The maximum absolute atomic E-state index is 12.3. The highest BCUT2D eigenvalue weighted by Gasteiger charge is 2.16. The number of carbonyl (C=O) groups is 1. The van der Waals surface area contributed by atoms with Gasteiger partial charge in [0.1, 0.15) is 11.4 Å². The summed E-state index contributed by atoms with van der Waals surface area (Å²) in [5, 5.41) is 18.9. The molecule has 10 heteroatoms. The number of methoxy groups -OCH3 is 1. The lowest BCUT2D eigenvalue weighted by Gasteiger charge is -2.07. The Bertz CT molecular complexity index is 1230. The molecule has 0 radical (unpaired) electrons. The number of H-pyrrole nitrogens is 1. The Morgan fingerprint density at radius 1 is 1.12 bits per heavy atom. The largest absolute Gasteiger partial charge is 0.497 e. The second kappa shape index (κ2) is 9.15. The van der Waals surface area contributed by atoms with Gasteiger partial charge in [-0.05, 0) is 67.4 Å². The summed E-state index contributed by atoms with van der Waals surface area (Å²) in [7, 11) is 1.62. The topological polar surface area (TPSA) is 124 Å². The van der Waals surface area contributed by atoms with Crippen molar-refractivity contribution in [3.63, 3.8) is 0 Å². The fourth-order valence-electron chi connectivity index (χ4n) is 3.28. The average Bonchev–Trinajstić information content (AvgIpc) is 3.38. The SMILES string of the molecule is COc1ccc(-c2cc(-c3nnc(SCC(=O)Nc4cc(C)cc(C)c4)n3N)[nH]n2)cc1. The van der Waals surface area contributed by atoms with E-state index in [0.717, 1.165) is 33.8 Å². The third-order valence-electron chi connectivity index (χ3n) is 4.71. The molecule has 0 aliphatic heterocycles. The first-order valence-electron chi connectivity index (χ1n) is 9.84. The predicted octanol–water partition coefficient (Wildman–Crippen LogP) is 3.41. The second-order valence-corrected chi connectivity index (χ2v) is 8.23. The van der Waals surface area contributed by atoms with Crippen LogP contribution in [0.25, 0.3) is 22.8 Å². The average molecular weight is 450 g/mol. The number of hydrogen-bond acceptors (Lipinski definition) is 7. The molecule has 0 aliphatic rings. The number of nitrogens with zero attached hydrogens (tertiary/aromatic N) is 4. The van der Waals surface area contributed by atoms with Crippen molar-refractivity contribution in [1.82, 2.24) is 25.1 Å². The predicted molar refractivity (Wildman–Crippen MR) is 125 cm³/mol. The summed E-state index contributed by atoms with van der Waals surface area (Å²) >= 11 is 1.21. The van der Waals surface area contributed by atoms with E-state index >= 15 is 0 Å². The molecule has 4 rings (SSSR count). The van der Waals surface area contributed by atoms with Gasteiger partial charge < -0.3 is 15.9 Å². The molecule has 0 saturated carbocycles. The number of hydrogen-bond donors (Lipinski definition) is 3. The number of aromatic nitrogens is 5. The fraction of sp³-hybridized carbons (Fsp3) is 0.182. The Morgan fingerprint density at radius 3 is 2.53 bits per heavy atom. The maximum Gasteiger partial charge on any atom is 0.234 e. The Morgan fingerprint density at radius 2 is 1.84 bits per heavy atom. The number of carbonyl (C=O) groups excluding carboxylic acids is 1. The molecule has 2 aromatic carbocycles. The highest BCUT2D eigenvalue weighted by atomic mass is 32.2. The number of thioether (sulfide) groups is 1. The van der Waals surface area contributed by atoms with Crippen LogP contribution in [0.2, 0.25) is 0 Å². The molecule has 9 nitrogen and oxygen atoms in total. The number of benzene rings is 2. The first-order valence-corrected chi connectivity index (χ1v) is 10.8. The highest BCUT2D eigenvalue weighted by Crippen LogP contribution is 2.26. The minimum Gasteiger partial charge on any atom is -0.497 e. The molecule has 0 aliphatic carbocycles. The minimum absolute atomic E-state index is 0.145. The lowest BCUT2D eigenvalue weighted by molar-refractivity contribution is -0.113. The zero-order valence-corrected chi connectivity index (χ0v) is 18.7. The van der Waals surface area contributed by atoms with E-state index in [0.29, 0.717) is 16.7 Å². The van der Waals surface area contributed by atoms with Gasteiger partial charge in [0.15, 0.2) is 0 Å². The van der Waals surface area contributed by atoms with Crippen LogP contribution in [0.4, 0.5) is 5.69 Å². The summed E-state index contributed by atoms with van der Waals surface area (Å²) in [5.41, 5.74) is 5.24. The van der Waals surface area contributed by atoms with Crippen LogP contribution in [0.15, 0.2) is 53.7 Å². The van der Waals surface area contributed by atoms with Crippen molar-refractivity contribution in [2.75, 3.05) is 24.0 Å². The molecule has 164 valence electrons. The zero-order chi connectivity index (χ0) is 22.7.